The van der Waals surface area contributed by atoms with E-state index >= 15 is 0 Å². The minimum atomic E-state index is -0.633. The van der Waals surface area contributed by atoms with Crippen LogP contribution < -0.4 is 5.73 Å². The van der Waals surface area contributed by atoms with Gasteiger partial charge in [-0.05, 0) is 30.5 Å². The van der Waals surface area contributed by atoms with E-state index in [0.29, 0.717) is 30.0 Å². The van der Waals surface area contributed by atoms with Crippen LogP contribution in [-0.4, -0.2) is 42.4 Å². The van der Waals surface area contributed by atoms with Crippen LogP contribution in [0.3, 0.4) is 0 Å². The van der Waals surface area contributed by atoms with Gasteiger partial charge in [0.1, 0.15) is 0 Å². The second kappa shape index (κ2) is 8.49. The normalized spacial score (nSPS) is 17.7. The molecule has 1 fully saturated rings. The number of carbonyl (C=O) groups excluding carboxylic acids is 3. The first-order valence-electron chi connectivity index (χ1n) is 7.64. The predicted molar refractivity (Wildman–Crippen MR) is 89.9 cm³/mol. The Morgan fingerprint density at radius 2 is 2.08 bits per heavy atom. The van der Waals surface area contributed by atoms with E-state index in [1.807, 2.05) is 0 Å². The zero-order valence-electron chi connectivity index (χ0n) is 13.1. The fourth-order valence-corrected chi connectivity index (χ4v) is 2.67. The monoisotopic (exact) mass is 350 g/mol. The summed E-state index contributed by atoms with van der Waals surface area (Å²) in [6.45, 7) is 0.452. The van der Waals surface area contributed by atoms with E-state index in [0.717, 1.165) is 0 Å². The number of nitrogens with zero attached hydrogens (tertiary/aromatic N) is 1. The maximum absolute atomic E-state index is 12.1. The molecular weight excluding hydrogens is 332 g/mol. The molecule has 0 unspecified atom stereocenters. The molecule has 128 valence electrons. The molecule has 2 amide bonds. The average molecular weight is 351 g/mol. The SMILES string of the molecule is NC(=O)[C@@H]1CCCN(C(=O)COC(=O)/C=C/c2ccccc2Cl)C1. The van der Waals surface area contributed by atoms with E-state index in [1.54, 1.807) is 24.3 Å². The smallest absolute Gasteiger partial charge is 0.331 e. The predicted octanol–water partition coefficient (Wildman–Crippen LogP) is 1.62. The van der Waals surface area contributed by atoms with Gasteiger partial charge in [-0.2, -0.15) is 0 Å². The highest BCUT2D eigenvalue weighted by atomic mass is 35.5. The van der Waals surface area contributed by atoms with Gasteiger partial charge in [0.2, 0.25) is 5.91 Å². The number of amides is 2. The Morgan fingerprint density at radius 3 is 2.79 bits per heavy atom. The summed E-state index contributed by atoms with van der Waals surface area (Å²) in [6.07, 6.45) is 4.13. The van der Waals surface area contributed by atoms with E-state index in [9.17, 15) is 14.4 Å². The first-order chi connectivity index (χ1) is 11.5. The van der Waals surface area contributed by atoms with E-state index < -0.39 is 11.9 Å². The number of piperidine rings is 1. The Labute approximate surface area is 145 Å². The van der Waals surface area contributed by atoms with Crippen LogP contribution in [0.15, 0.2) is 30.3 Å². The van der Waals surface area contributed by atoms with Crippen LogP contribution in [0.5, 0.6) is 0 Å². The Morgan fingerprint density at radius 1 is 1.33 bits per heavy atom. The number of primary amides is 1. The van der Waals surface area contributed by atoms with Gasteiger partial charge in [0, 0.05) is 24.2 Å². The summed E-state index contributed by atoms with van der Waals surface area (Å²) in [5, 5.41) is 0.517. The standard InChI is InChI=1S/C17H19ClN2O4/c18-14-6-2-1-4-12(14)7-8-16(22)24-11-15(21)20-9-3-5-13(10-20)17(19)23/h1-2,4,6-8,13H,3,5,9-11H2,(H2,19,23)/b8-7+/t13-/m1/s1. The van der Waals surface area contributed by atoms with Crippen molar-refractivity contribution >= 4 is 35.5 Å². The quantitative estimate of drug-likeness (QED) is 0.645. The van der Waals surface area contributed by atoms with Crippen molar-refractivity contribution in [2.75, 3.05) is 19.7 Å². The van der Waals surface area contributed by atoms with Crippen LogP contribution in [0.1, 0.15) is 18.4 Å². The van der Waals surface area contributed by atoms with Crippen molar-refractivity contribution in [2.24, 2.45) is 11.7 Å². The molecule has 1 saturated heterocycles. The van der Waals surface area contributed by atoms with Crippen LogP contribution in [-0.2, 0) is 19.1 Å². The number of halogens is 1. The molecule has 0 aliphatic carbocycles. The topological polar surface area (TPSA) is 89.7 Å². The number of benzene rings is 1. The maximum atomic E-state index is 12.1. The Kier molecular flexibility index (Phi) is 6.37. The number of rotatable bonds is 5. The number of hydrogen-bond donors (Lipinski definition) is 1. The lowest BCUT2D eigenvalue weighted by Crippen LogP contribution is -2.45. The molecule has 0 radical (unpaired) electrons. The van der Waals surface area contributed by atoms with Gasteiger partial charge >= 0.3 is 5.97 Å². The van der Waals surface area contributed by atoms with E-state index in [-0.39, 0.29) is 25.0 Å². The molecule has 0 spiro atoms. The molecule has 0 aromatic heterocycles. The summed E-state index contributed by atoms with van der Waals surface area (Å²) >= 11 is 5.97. The number of esters is 1. The first kappa shape index (κ1) is 18.0. The fourth-order valence-electron chi connectivity index (χ4n) is 2.48. The van der Waals surface area contributed by atoms with Gasteiger partial charge in [0.15, 0.2) is 6.61 Å². The van der Waals surface area contributed by atoms with E-state index in [1.165, 1.54) is 17.1 Å². The molecule has 1 aliphatic heterocycles. The van der Waals surface area contributed by atoms with Gasteiger partial charge in [0.25, 0.3) is 5.91 Å². The Balaban J connectivity index is 1.82. The molecule has 0 bridgehead atoms. The van der Waals surface area contributed by atoms with Gasteiger partial charge in [-0.15, -0.1) is 0 Å². The van der Waals surface area contributed by atoms with Gasteiger partial charge in [-0.25, -0.2) is 4.79 Å². The molecule has 6 nitrogen and oxygen atoms in total. The highest BCUT2D eigenvalue weighted by Crippen LogP contribution is 2.17. The second-order valence-corrected chi connectivity index (χ2v) is 5.95. The fraction of sp³-hybridized carbons (Fsp3) is 0.353. The molecule has 1 heterocycles. The van der Waals surface area contributed by atoms with Crippen LogP contribution >= 0.6 is 11.6 Å². The minimum Gasteiger partial charge on any atom is -0.452 e. The number of likely N-dealkylation sites (tertiary alicyclic amines) is 1. The lowest BCUT2D eigenvalue weighted by Gasteiger charge is -2.30. The molecule has 0 saturated carbocycles. The third-order valence-corrected chi connectivity index (χ3v) is 4.16. The molecule has 24 heavy (non-hydrogen) atoms. The zero-order chi connectivity index (χ0) is 17.5. The van der Waals surface area contributed by atoms with E-state index in [4.69, 9.17) is 22.1 Å². The molecule has 1 aromatic carbocycles. The van der Waals surface area contributed by atoms with E-state index in [2.05, 4.69) is 0 Å². The molecule has 1 atom stereocenters. The Hall–Kier alpha value is -2.34. The van der Waals surface area contributed by atoms with Crippen LogP contribution in [0, 0.1) is 5.92 Å². The van der Waals surface area contributed by atoms with Gasteiger partial charge in [0.05, 0.1) is 5.92 Å². The van der Waals surface area contributed by atoms with Crippen LogP contribution in [0.2, 0.25) is 5.02 Å². The highest BCUT2D eigenvalue weighted by molar-refractivity contribution is 6.32. The summed E-state index contributed by atoms with van der Waals surface area (Å²) in [7, 11) is 0. The van der Waals surface area contributed by atoms with Crippen molar-refractivity contribution in [2.45, 2.75) is 12.8 Å². The molecule has 2 rings (SSSR count). The summed E-state index contributed by atoms with van der Waals surface area (Å²) in [4.78, 5) is 36.5. The average Bonchev–Trinajstić information content (AvgIpc) is 2.59. The highest BCUT2D eigenvalue weighted by Gasteiger charge is 2.27. The number of hydrogen-bond acceptors (Lipinski definition) is 4. The van der Waals surface area contributed by atoms with Gasteiger partial charge in [-0.1, -0.05) is 29.8 Å². The Bertz CT molecular complexity index is 660. The summed E-state index contributed by atoms with van der Waals surface area (Å²) in [5.74, 6) is -1.71. The number of nitrogens with two attached hydrogens (primary N) is 1. The summed E-state index contributed by atoms with van der Waals surface area (Å²) < 4.78 is 4.94. The van der Waals surface area contributed by atoms with Crippen LogP contribution in [0.25, 0.3) is 6.08 Å². The lowest BCUT2D eigenvalue weighted by atomic mass is 9.97. The van der Waals surface area contributed by atoms with Crippen molar-refractivity contribution in [1.82, 2.24) is 4.90 Å². The number of ether oxygens (including phenoxy) is 1. The number of carbonyl (C=O) groups is 3. The molecular formula is C17H19ClN2O4. The molecule has 2 N–H and O–H groups in total. The molecule has 7 heteroatoms. The van der Waals surface area contributed by atoms with Crippen molar-refractivity contribution in [3.63, 3.8) is 0 Å². The van der Waals surface area contributed by atoms with Gasteiger partial charge in [-0.3, -0.25) is 9.59 Å². The van der Waals surface area contributed by atoms with Gasteiger partial charge < -0.3 is 15.4 Å². The van der Waals surface area contributed by atoms with Crippen LogP contribution in [0.4, 0.5) is 0 Å². The first-order valence-corrected chi connectivity index (χ1v) is 8.01. The molecule has 1 aromatic rings. The largest absolute Gasteiger partial charge is 0.452 e. The van der Waals surface area contributed by atoms with Crippen molar-refractivity contribution in [1.29, 1.82) is 0 Å². The lowest BCUT2D eigenvalue weighted by molar-refractivity contribution is -0.149. The molecule has 1 aliphatic rings. The second-order valence-electron chi connectivity index (χ2n) is 5.54. The third kappa shape index (κ3) is 5.09. The summed E-state index contributed by atoms with van der Waals surface area (Å²) in [6, 6.07) is 7.05. The minimum absolute atomic E-state index is 0.279. The maximum Gasteiger partial charge on any atom is 0.331 e. The summed E-state index contributed by atoms with van der Waals surface area (Å²) in [5.41, 5.74) is 5.96. The van der Waals surface area contributed by atoms with Crippen molar-refractivity contribution < 1.29 is 19.1 Å². The van der Waals surface area contributed by atoms with Crippen molar-refractivity contribution in [3.05, 3.63) is 40.9 Å². The zero-order valence-corrected chi connectivity index (χ0v) is 13.9. The third-order valence-electron chi connectivity index (χ3n) is 3.82. The van der Waals surface area contributed by atoms with Crippen molar-refractivity contribution in [3.8, 4) is 0 Å².